The molecule has 0 spiro atoms. The lowest BCUT2D eigenvalue weighted by Gasteiger charge is -2.06. The third-order valence-corrected chi connectivity index (χ3v) is 4.40. The molecule has 0 saturated heterocycles. The van der Waals surface area contributed by atoms with Gasteiger partial charge in [-0.1, -0.05) is 52.4 Å². The number of hydrogen-bond donors (Lipinski definition) is 0. The van der Waals surface area contributed by atoms with Gasteiger partial charge in [0.2, 0.25) is 0 Å². The van der Waals surface area contributed by atoms with Gasteiger partial charge in [0.25, 0.3) is 0 Å². The predicted octanol–water partition coefficient (Wildman–Crippen LogP) is 4.11. The first-order chi connectivity index (χ1) is 14.1. The Labute approximate surface area is 178 Å². The molecule has 0 amide bonds. The number of aromatic nitrogens is 2. The molecule has 30 heavy (non-hydrogen) atoms. The van der Waals surface area contributed by atoms with Gasteiger partial charge in [0.15, 0.2) is 5.82 Å². The van der Waals surface area contributed by atoms with Crippen LogP contribution in [0.5, 0.6) is 5.75 Å². The van der Waals surface area contributed by atoms with Crippen LogP contribution in [0.15, 0.2) is 36.7 Å². The van der Waals surface area contributed by atoms with E-state index in [-0.39, 0.29) is 4.70 Å². The molecule has 0 N–H and O–H groups in total. The van der Waals surface area contributed by atoms with Crippen LogP contribution in [0, 0.1) is 0 Å². The van der Waals surface area contributed by atoms with Gasteiger partial charge in [-0.3, -0.25) is 12.9 Å². The number of benzene rings is 1. The molecule has 0 atom stereocenters. The highest BCUT2D eigenvalue weighted by molar-refractivity contribution is 6.33. The van der Waals surface area contributed by atoms with Gasteiger partial charge in [0.1, 0.15) is 5.75 Å². The average molecular weight is 427 g/mol. The van der Waals surface area contributed by atoms with Crippen molar-refractivity contribution < 1.29 is 22.4 Å². The number of unbranched alkanes of at least 4 members (excludes halogenated alkanes) is 6. The summed E-state index contributed by atoms with van der Waals surface area (Å²) < 4.78 is 34.7. The van der Waals surface area contributed by atoms with Gasteiger partial charge in [0.05, 0.1) is 6.61 Å². The molecule has 168 valence electrons. The Morgan fingerprint density at radius 3 is 1.90 bits per heavy atom. The molecular formula is C22H32BF4N2O-. The minimum Gasteiger partial charge on any atom is -1.00 e. The number of ether oxygens (including phenoxy) is 1. The third kappa shape index (κ3) is 13.2. The van der Waals surface area contributed by atoms with Crippen LogP contribution in [-0.4, -0.2) is 24.1 Å². The molecule has 0 unspecified atom stereocenters. The predicted molar refractivity (Wildman–Crippen MR) is 114 cm³/mol. The minimum absolute atomic E-state index is 0. The largest absolute Gasteiger partial charge is 1.00 e. The molecule has 1 aromatic heterocycles. The summed E-state index contributed by atoms with van der Waals surface area (Å²) in [6.45, 7) is 5.20. The molecule has 0 aliphatic rings. The van der Waals surface area contributed by atoms with E-state index in [1.165, 1.54) is 44.1 Å². The number of hydrogen-bond acceptors (Lipinski definition) is 3. The lowest BCUT2D eigenvalue weighted by molar-refractivity contribution is -0.00000955. The molecule has 1 aromatic carbocycles. The molecule has 0 aliphatic carbocycles. The summed E-state index contributed by atoms with van der Waals surface area (Å²) in [5.74, 6) is 1.70. The van der Waals surface area contributed by atoms with Crippen LogP contribution in [0.3, 0.4) is 0 Å². The number of nitrogens with zero attached hydrogens (tertiary/aromatic N) is 2. The first-order valence-corrected chi connectivity index (χ1v) is 10.5. The molecule has 0 aliphatic heterocycles. The van der Waals surface area contributed by atoms with E-state index in [4.69, 9.17) is 4.74 Å². The van der Waals surface area contributed by atoms with E-state index in [1.807, 2.05) is 36.7 Å². The number of aryl methyl sites for hydroxylation is 1. The van der Waals surface area contributed by atoms with Crippen LogP contribution in [0.1, 0.15) is 70.8 Å². The third-order valence-electron chi connectivity index (χ3n) is 4.40. The number of halogens is 4. The summed E-state index contributed by atoms with van der Waals surface area (Å²) in [5, 5.41) is 0. The molecule has 2 aromatic rings. The summed E-state index contributed by atoms with van der Waals surface area (Å²) >= 11 is 0. The first-order valence-electron chi connectivity index (χ1n) is 10.5. The molecule has 3 nitrogen and oxygen atoms in total. The summed E-state index contributed by atoms with van der Waals surface area (Å²) in [6.07, 6.45) is 15.2. The Morgan fingerprint density at radius 1 is 0.800 bits per heavy atom. The van der Waals surface area contributed by atoms with Gasteiger partial charge in [0, 0.05) is 18.0 Å². The molecule has 0 bridgehead atoms. The van der Waals surface area contributed by atoms with Crippen LogP contribution in [0.4, 0.5) is 12.9 Å². The van der Waals surface area contributed by atoms with Crippen molar-refractivity contribution in [3.63, 3.8) is 0 Å². The Hall–Kier alpha value is -2.12. The van der Waals surface area contributed by atoms with Crippen molar-refractivity contribution in [2.24, 2.45) is 0 Å². The molecule has 2 rings (SSSR count). The summed E-state index contributed by atoms with van der Waals surface area (Å²) in [7, 11) is -3.67. The highest BCUT2D eigenvalue weighted by Crippen LogP contribution is 2.20. The summed E-state index contributed by atoms with van der Waals surface area (Å²) in [6, 6.07) is 8.06. The Bertz CT molecular complexity index is 640. The Balaban J connectivity index is 0.00000154. The van der Waals surface area contributed by atoms with Gasteiger partial charge < -0.3 is 9.44 Å². The monoisotopic (exact) mass is 427 g/mol. The van der Waals surface area contributed by atoms with Crippen molar-refractivity contribution in [2.45, 2.75) is 71.6 Å². The van der Waals surface area contributed by atoms with Crippen molar-refractivity contribution >= 4 is 7.54 Å². The lowest BCUT2D eigenvalue weighted by atomic mass is 10.1. The maximum atomic E-state index is 9.67. The van der Waals surface area contributed by atoms with E-state index in [1.54, 1.807) is 0 Å². The molecule has 0 radical (unpaired) electrons. The second kappa shape index (κ2) is 17.7. The van der Waals surface area contributed by atoms with Crippen molar-refractivity contribution in [1.82, 2.24) is 9.97 Å². The topological polar surface area (TPSA) is 35.0 Å². The molecular weight excluding hydrogens is 395 g/mol. The normalized spacial score (nSPS) is 9.90. The zero-order valence-corrected chi connectivity index (χ0v) is 17.9. The van der Waals surface area contributed by atoms with Gasteiger partial charge in [-0.15, -0.1) is 0 Å². The molecule has 0 fully saturated rings. The van der Waals surface area contributed by atoms with Crippen LogP contribution in [0.25, 0.3) is 11.4 Å². The number of rotatable bonds is 12. The van der Waals surface area contributed by atoms with E-state index < -0.39 is 7.54 Å². The van der Waals surface area contributed by atoms with Crippen LogP contribution < -0.4 is 9.44 Å². The Morgan fingerprint density at radius 2 is 1.33 bits per heavy atom. The smallest absolute Gasteiger partial charge is 0.762 e. The average Bonchev–Trinajstić information content (AvgIpc) is 2.71. The van der Waals surface area contributed by atoms with Crippen LogP contribution in [-0.2, 0) is 6.42 Å². The van der Waals surface area contributed by atoms with Gasteiger partial charge in [-0.05, 0) is 49.1 Å². The van der Waals surface area contributed by atoms with Crippen molar-refractivity contribution in [2.75, 3.05) is 6.61 Å². The maximum absolute atomic E-state index is 9.67. The SMILES string of the molecule is CCCCCCCCc1cnc(-c2ccc(OCCCC)cc2)nc1.FB(F)F.[F-]. The van der Waals surface area contributed by atoms with E-state index >= 15 is 0 Å². The fourth-order valence-electron chi connectivity index (χ4n) is 2.78. The molecule has 1 heterocycles. The zero-order valence-electron chi connectivity index (χ0n) is 17.9. The second-order valence-electron chi connectivity index (χ2n) is 6.91. The van der Waals surface area contributed by atoms with Gasteiger partial charge in [-0.25, -0.2) is 9.97 Å². The standard InChI is InChI=1S/C22H32N2O.BF3.FH/c1-3-5-7-8-9-10-11-19-17-23-22(24-18-19)20-12-14-21(15-13-20)25-16-6-4-2;2-1(3)4;/h12-15,17-18H,3-11,16H2,1-2H3;;1H/p-1. The fraction of sp³-hybridized carbons (Fsp3) is 0.545. The lowest BCUT2D eigenvalue weighted by Crippen LogP contribution is -3.00. The van der Waals surface area contributed by atoms with E-state index in [0.29, 0.717) is 0 Å². The molecule has 8 heteroatoms. The molecule has 0 saturated carbocycles. The van der Waals surface area contributed by atoms with Crippen LogP contribution >= 0.6 is 0 Å². The van der Waals surface area contributed by atoms with Gasteiger partial charge in [-0.2, -0.15) is 0 Å². The van der Waals surface area contributed by atoms with E-state index in [0.717, 1.165) is 43.0 Å². The van der Waals surface area contributed by atoms with Gasteiger partial charge >= 0.3 is 7.54 Å². The highest BCUT2D eigenvalue weighted by atomic mass is 19.4. The van der Waals surface area contributed by atoms with Crippen molar-refractivity contribution in [3.05, 3.63) is 42.2 Å². The van der Waals surface area contributed by atoms with E-state index in [2.05, 4.69) is 23.8 Å². The minimum atomic E-state index is -3.67. The van der Waals surface area contributed by atoms with E-state index in [9.17, 15) is 12.9 Å². The van der Waals surface area contributed by atoms with Crippen LogP contribution in [0.2, 0.25) is 0 Å². The maximum Gasteiger partial charge on any atom is 0.762 e. The Kier molecular flexibility index (Phi) is 16.5. The van der Waals surface area contributed by atoms with Crippen molar-refractivity contribution in [3.8, 4) is 17.1 Å². The zero-order chi connectivity index (χ0) is 21.3. The second-order valence-corrected chi connectivity index (χ2v) is 6.91. The fourth-order valence-corrected chi connectivity index (χ4v) is 2.78. The summed E-state index contributed by atoms with van der Waals surface area (Å²) in [4.78, 5) is 9.06. The summed E-state index contributed by atoms with van der Waals surface area (Å²) in [5.41, 5.74) is 2.27. The van der Waals surface area contributed by atoms with Crippen molar-refractivity contribution in [1.29, 1.82) is 0 Å². The highest BCUT2D eigenvalue weighted by Gasteiger charge is 2.06. The quantitative estimate of drug-likeness (QED) is 0.291. The first kappa shape index (κ1) is 27.9.